The Hall–Kier alpha value is -2.30. The molecule has 106 valence electrons. The molecular formula is C15H20N4O. The van der Waals surface area contributed by atoms with Crippen LogP contribution in [0.25, 0.3) is 0 Å². The fourth-order valence-electron chi connectivity index (χ4n) is 2.22. The topological polar surface area (TPSA) is 64.2 Å². The van der Waals surface area contributed by atoms with Crippen LogP contribution < -0.4 is 10.6 Å². The van der Waals surface area contributed by atoms with Gasteiger partial charge in [0.2, 0.25) is 0 Å². The highest BCUT2D eigenvalue weighted by Gasteiger charge is 2.21. The minimum atomic E-state index is -0.0257. The molecule has 1 heterocycles. The largest absolute Gasteiger partial charge is 0.399 e. The van der Waals surface area contributed by atoms with Crippen molar-refractivity contribution in [3.8, 4) is 0 Å². The molecule has 0 unspecified atom stereocenters. The van der Waals surface area contributed by atoms with Crippen molar-refractivity contribution >= 4 is 17.3 Å². The predicted molar refractivity (Wildman–Crippen MR) is 80.8 cm³/mol. The smallest absolute Gasteiger partial charge is 0.261 e. The number of aromatic nitrogens is 2. The predicted octanol–water partition coefficient (Wildman–Crippen LogP) is 2.23. The normalized spacial score (nSPS) is 10.6. The molecule has 0 fully saturated rings. The van der Waals surface area contributed by atoms with E-state index in [1.54, 1.807) is 27.9 Å². The lowest BCUT2D eigenvalue weighted by Crippen LogP contribution is -2.31. The molecule has 0 saturated carbocycles. The Morgan fingerprint density at radius 2 is 1.95 bits per heavy atom. The fraction of sp³-hybridized carbons (Fsp3) is 0.333. The van der Waals surface area contributed by atoms with E-state index in [9.17, 15) is 4.79 Å². The number of hydrogen-bond acceptors (Lipinski definition) is 3. The lowest BCUT2D eigenvalue weighted by molar-refractivity contribution is 0.0987. The Morgan fingerprint density at radius 1 is 1.30 bits per heavy atom. The van der Waals surface area contributed by atoms with E-state index < -0.39 is 0 Å². The quantitative estimate of drug-likeness (QED) is 0.868. The minimum Gasteiger partial charge on any atom is -0.399 e. The first-order chi connectivity index (χ1) is 9.56. The summed E-state index contributed by atoms with van der Waals surface area (Å²) in [5, 5.41) is 4.32. The molecule has 2 N–H and O–H groups in total. The molecule has 2 rings (SSSR count). The minimum absolute atomic E-state index is 0.0257. The number of hydrogen-bond donors (Lipinski definition) is 1. The van der Waals surface area contributed by atoms with Crippen LogP contribution in [-0.4, -0.2) is 22.2 Å². The van der Waals surface area contributed by atoms with Gasteiger partial charge in [-0.05, 0) is 37.6 Å². The van der Waals surface area contributed by atoms with Crippen molar-refractivity contribution in [1.82, 2.24) is 9.78 Å². The molecule has 0 radical (unpaired) electrons. The molecule has 0 bridgehead atoms. The van der Waals surface area contributed by atoms with Gasteiger partial charge in [-0.1, -0.05) is 6.92 Å². The van der Waals surface area contributed by atoms with Gasteiger partial charge in [-0.3, -0.25) is 9.48 Å². The van der Waals surface area contributed by atoms with Crippen LogP contribution in [0.4, 0.5) is 11.4 Å². The summed E-state index contributed by atoms with van der Waals surface area (Å²) in [5.74, 6) is -0.0257. The molecule has 0 aliphatic rings. The first kappa shape index (κ1) is 14.1. The molecule has 5 nitrogen and oxygen atoms in total. The summed E-state index contributed by atoms with van der Waals surface area (Å²) in [6, 6.07) is 7.32. The third-order valence-corrected chi connectivity index (χ3v) is 3.24. The van der Waals surface area contributed by atoms with Crippen LogP contribution in [0.3, 0.4) is 0 Å². The van der Waals surface area contributed by atoms with Gasteiger partial charge in [0, 0.05) is 31.2 Å². The lowest BCUT2D eigenvalue weighted by atomic mass is 10.1. The number of carbonyl (C=O) groups excluding carboxylic acids is 1. The second kappa shape index (κ2) is 5.77. The number of rotatable bonds is 4. The van der Waals surface area contributed by atoms with Crippen LogP contribution in [0, 0.1) is 0 Å². The van der Waals surface area contributed by atoms with Gasteiger partial charge in [-0.2, -0.15) is 5.10 Å². The zero-order chi connectivity index (χ0) is 14.7. The van der Waals surface area contributed by atoms with Crippen molar-refractivity contribution in [3.63, 3.8) is 0 Å². The molecule has 1 amide bonds. The van der Waals surface area contributed by atoms with Gasteiger partial charge < -0.3 is 10.6 Å². The summed E-state index contributed by atoms with van der Waals surface area (Å²) in [5.41, 5.74) is 8.71. The van der Waals surface area contributed by atoms with Crippen LogP contribution in [0.5, 0.6) is 0 Å². The maximum Gasteiger partial charge on any atom is 0.261 e. The summed E-state index contributed by atoms with van der Waals surface area (Å²) < 4.78 is 1.68. The Balaban J connectivity index is 2.36. The van der Waals surface area contributed by atoms with E-state index in [0.717, 1.165) is 17.8 Å². The number of anilines is 2. The van der Waals surface area contributed by atoms with Gasteiger partial charge in [-0.25, -0.2) is 0 Å². The van der Waals surface area contributed by atoms with Gasteiger partial charge in [0.25, 0.3) is 5.91 Å². The molecule has 20 heavy (non-hydrogen) atoms. The van der Waals surface area contributed by atoms with Crippen molar-refractivity contribution < 1.29 is 4.79 Å². The average Bonchev–Trinajstić information content (AvgIpc) is 2.82. The SMILES string of the molecule is CCc1nn(C)cc1C(=O)N(CC)c1ccc(N)cc1. The molecule has 0 saturated heterocycles. The second-order valence-corrected chi connectivity index (χ2v) is 4.66. The van der Waals surface area contributed by atoms with Crippen molar-refractivity contribution in [3.05, 3.63) is 41.7 Å². The highest BCUT2D eigenvalue weighted by Crippen LogP contribution is 2.20. The first-order valence-corrected chi connectivity index (χ1v) is 6.76. The fourth-order valence-corrected chi connectivity index (χ4v) is 2.22. The number of benzene rings is 1. The Labute approximate surface area is 119 Å². The molecule has 0 spiro atoms. The van der Waals surface area contributed by atoms with Crippen LogP contribution in [0.1, 0.15) is 29.9 Å². The second-order valence-electron chi connectivity index (χ2n) is 4.66. The zero-order valence-corrected chi connectivity index (χ0v) is 12.1. The highest BCUT2D eigenvalue weighted by molar-refractivity contribution is 6.06. The summed E-state index contributed by atoms with van der Waals surface area (Å²) in [6.07, 6.45) is 2.52. The monoisotopic (exact) mass is 272 g/mol. The van der Waals surface area contributed by atoms with Crippen LogP contribution in [0.2, 0.25) is 0 Å². The Morgan fingerprint density at radius 3 is 2.50 bits per heavy atom. The first-order valence-electron chi connectivity index (χ1n) is 6.76. The number of nitrogens with zero attached hydrogens (tertiary/aromatic N) is 3. The van der Waals surface area contributed by atoms with E-state index in [1.807, 2.05) is 33.0 Å². The van der Waals surface area contributed by atoms with E-state index in [1.165, 1.54) is 0 Å². The molecule has 0 aliphatic carbocycles. The Bertz CT molecular complexity index is 601. The number of aryl methyl sites for hydroxylation is 2. The van der Waals surface area contributed by atoms with Gasteiger partial charge in [-0.15, -0.1) is 0 Å². The van der Waals surface area contributed by atoms with Crippen LogP contribution >= 0.6 is 0 Å². The summed E-state index contributed by atoms with van der Waals surface area (Å²) in [4.78, 5) is 14.4. The number of nitrogens with two attached hydrogens (primary N) is 1. The average molecular weight is 272 g/mol. The molecule has 0 atom stereocenters. The summed E-state index contributed by atoms with van der Waals surface area (Å²) in [7, 11) is 1.83. The van der Waals surface area contributed by atoms with Crippen molar-refractivity contribution in [2.24, 2.45) is 7.05 Å². The molecule has 2 aromatic rings. The van der Waals surface area contributed by atoms with Crippen LogP contribution in [-0.2, 0) is 13.5 Å². The van der Waals surface area contributed by atoms with E-state index in [4.69, 9.17) is 5.73 Å². The maximum atomic E-state index is 12.7. The Kier molecular flexibility index (Phi) is 4.08. The van der Waals surface area contributed by atoms with Crippen molar-refractivity contribution in [2.75, 3.05) is 17.2 Å². The van der Waals surface area contributed by atoms with Gasteiger partial charge in [0.05, 0.1) is 11.3 Å². The number of nitrogen functional groups attached to an aromatic ring is 1. The van der Waals surface area contributed by atoms with E-state index >= 15 is 0 Å². The van der Waals surface area contributed by atoms with Gasteiger partial charge in [0.15, 0.2) is 0 Å². The molecule has 0 aliphatic heterocycles. The van der Waals surface area contributed by atoms with Crippen molar-refractivity contribution in [2.45, 2.75) is 20.3 Å². The lowest BCUT2D eigenvalue weighted by Gasteiger charge is -2.21. The number of amides is 1. The molecule has 1 aromatic carbocycles. The molecule has 1 aromatic heterocycles. The highest BCUT2D eigenvalue weighted by atomic mass is 16.2. The number of carbonyl (C=O) groups is 1. The summed E-state index contributed by atoms with van der Waals surface area (Å²) in [6.45, 7) is 4.55. The zero-order valence-electron chi connectivity index (χ0n) is 12.1. The van der Waals surface area contributed by atoms with Crippen molar-refractivity contribution in [1.29, 1.82) is 0 Å². The molecule has 5 heteroatoms. The maximum absolute atomic E-state index is 12.7. The van der Waals surface area contributed by atoms with E-state index in [-0.39, 0.29) is 5.91 Å². The molecular weight excluding hydrogens is 252 g/mol. The van der Waals surface area contributed by atoms with Crippen LogP contribution in [0.15, 0.2) is 30.5 Å². The summed E-state index contributed by atoms with van der Waals surface area (Å²) >= 11 is 0. The van der Waals surface area contributed by atoms with E-state index in [0.29, 0.717) is 17.8 Å². The third kappa shape index (κ3) is 2.66. The van der Waals surface area contributed by atoms with Gasteiger partial charge in [0.1, 0.15) is 0 Å². The van der Waals surface area contributed by atoms with Gasteiger partial charge >= 0.3 is 0 Å². The standard InChI is InChI=1S/C15H20N4O/c1-4-14-13(10-18(3)17-14)15(20)19(5-2)12-8-6-11(16)7-9-12/h6-10H,4-5,16H2,1-3H3. The third-order valence-electron chi connectivity index (χ3n) is 3.24. The van der Waals surface area contributed by atoms with E-state index in [2.05, 4.69) is 5.10 Å².